The minimum Gasteiger partial charge on any atom is -0.373 e. The quantitative estimate of drug-likeness (QED) is 0.403. The van der Waals surface area contributed by atoms with Crippen LogP contribution in [0.1, 0.15) is 23.2 Å². The first kappa shape index (κ1) is 12.6. The van der Waals surface area contributed by atoms with Crippen LogP contribution < -0.4 is 0 Å². The zero-order valence-electron chi connectivity index (χ0n) is 9.12. The van der Waals surface area contributed by atoms with Gasteiger partial charge in [0.2, 0.25) is 0 Å². The largest absolute Gasteiger partial charge is 0.373 e. The lowest BCUT2D eigenvalue weighted by Gasteiger charge is -2.02. The van der Waals surface area contributed by atoms with Gasteiger partial charge in [-0.25, -0.2) is 4.39 Å². The third-order valence-electron chi connectivity index (χ3n) is 2.10. The highest BCUT2D eigenvalue weighted by atomic mass is 19.1. The second-order valence-corrected chi connectivity index (χ2v) is 3.41. The summed E-state index contributed by atoms with van der Waals surface area (Å²) in [5, 5.41) is 0. The number of halogens is 1. The number of rotatable bonds is 7. The Balaban J connectivity index is 2.29. The van der Waals surface area contributed by atoms with E-state index in [0.717, 1.165) is 12.8 Å². The number of carbonyl (C=O) groups excluding carboxylic acids is 1. The summed E-state index contributed by atoms with van der Waals surface area (Å²) >= 11 is 0. The highest BCUT2D eigenvalue weighted by Gasteiger charge is 2.05. The van der Waals surface area contributed by atoms with Crippen LogP contribution in [0.4, 0.5) is 4.39 Å². The fourth-order valence-corrected chi connectivity index (χ4v) is 1.21. The van der Waals surface area contributed by atoms with Gasteiger partial charge in [0.15, 0.2) is 5.78 Å². The van der Waals surface area contributed by atoms with Crippen LogP contribution in [0, 0.1) is 5.82 Å². The molecule has 0 heterocycles. The smallest absolute Gasteiger partial charge is 0.188 e. The first-order valence-electron chi connectivity index (χ1n) is 5.21. The lowest BCUT2D eigenvalue weighted by atomic mass is 10.1. The Labute approximate surface area is 94.7 Å². The molecule has 0 aromatic heterocycles. The van der Waals surface area contributed by atoms with Crippen molar-refractivity contribution in [3.05, 3.63) is 48.3 Å². The Kier molecular flexibility index (Phi) is 5.43. The molecule has 2 nitrogen and oxygen atoms in total. The lowest BCUT2D eigenvalue weighted by Crippen LogP contribution is -2.09. The first-order chi connectivity index (χ1) is 7.74. The normalized spacial score (nSPS) is 10.1. The van der Waals surface area contributed by atoms with E-state index in [-0.39, 0.29) is 18.2 Å². The number of unbranched alkanes of at least 4 members (excludes halogenated alkanes) is 1. The van der Waals surface area contributed by atoms with E-state index >= 15 is 0 Å². The van der Waals surface area contributed by atoms with Crippen molar-refractivity contribution in [2.24, 2.45) is 0 Å². The molecule has 0 N–H and O–H groups in total. The predicted molar refractivity (Wildman–Crippen MR) is 61.0 cm³/mol. The monoisotopic (exact) mass is 222 g/mol. The summed E-state index contributed by atoms with van der Waals surface area (Å²) < 4.78 is 17.8. The van der Waals surface area contributed by atoms with Gasteiger partial charge in [-0.3, -0.25) is 4.79 Å². The molecule has 0 radical (unpaired) electrons. The van der Waals surface area contributed by atoms with E-state index in [1.54, 1.807) is 0 Å². The molecule has 0 fully saturated rings. The molecule has 1 aromatic carbocycles. The van der Waals surface area contributed by atoms with Gasteiger partial charge in [-0.05, 0) is 37.1 Å². The van der Waals surface area contributed by atoms with Gasteiger partial charge in [-0.15, -0.1) is 6.58 Å². The van der Waals surface area contributed by atoms with Crippen molar-refractivity contribution in [3.8, 4) is 0 Å². The van der Waals surface area contributed by atoms with Crippen LogP contribution in [0.15, 0.2) is 36.9 Å². The van der Waals surface area contributed by atoms with Crippen LogP contribution in [0.2, 0.25) is 0 Å². The van der Waals surface area contributed by atoms with E-state index in [2.05, 4.69) is 6.58 Å². The second kappa shape index (κ2) is 6.90. The standard InChI is InChI=1S/C13H15FO2/c1-2-3-4-9-16-10-13(15)11-5-7-12(14)8-6-11/h2,5-8H,1,3-4,9-10H2. The van der Waals surface area contributed by atoms with Crippen molar-refractivity contribution in [3.63, 3.8) is 0 Å². The zero-order chi connectivity index (χ0) is 11.8. The predicted octanol–water partition coefficient (Wildman–Crippen LogP) is 2.99. The third-order valence-corrected chi connectivity index (χ3v) is 2.10. The van der Waals surface area contributed by atoms with Crippen LogP contribution in [-0.2, 0) is 4.74 Å². The molecule has 0 saturated carbocycles. The van der Waals surface area contributed by atoms with Crippen molar-refractivity contribution in [2.75, 3.05) is 13.2 Å². The molecule has 0 amide bonds. The summed E-state index contributed by atoms with van der Waals surface area (Å²) in [7, 11) is 0. The summed E-state index contributed by atoms with van der Waals surface area (Å²) in [5.74, 6) is -0.470. The van der Waals surface area contributed by atoms with E-state index in [1.807, 2.05) is 6.08 Å². The Morgan fingerprint density at radius 2 is 2.06 bits per heavy atom. The Morgan fingerprint density at radius 3 is 2.69 bits per heavy atom. The second-order valence-electron chi connectivity index (χ2n) is 3.41. The Bertz CT molecular complexity index is 343. The lowest BCUT2D eigenvalue weighted by molar-refractivity contribution is 0.0757. The maximum Gasteiger partial charge on any atom is 0.188 e. The summed E-state index contributed by atoms with van der Waals surface area (Å²) in [6, 6.07) is 5.46. The molecule has 16 heavy (non-hydrogen) atoms. The third kappa shape index (κ3) is 4.36. The van der Waals surface area contributed by atoms with Crippen molar-refractivity contribution < 1.29 is 13.9 Å². The van der Waals surface area contributed by atoms with Gasteiger partial charge in [0.25, 0.3) is 0 Å². The summed E-state index contributed by atoms with van der Waals surface area (Å²) in [5.41, 5.74) is 0.477. The molecule has 0 aliphatic carbocycles. The Morgan fingerprint density at radius 1 is 1.38 bits per heavy atom. The van der Waals surface area contributed by atoms with Gasteiger partial charge in [-0.1, -0.05) is 6.08 Å². The molecule has 0 bridgehead atoms. The van der Waals surface area contributed by atoms with Crippen molar-refractivity contribution >= 4 is 5.78 Å². The number of hydrogen-bond donors (Lipinski definition) is 0. The first-order valence-corrected chi connectivity index (χ1v) is 5.21. The van der Waals surface area contributed by atoms with Crippen LogP contribution >= 0.6 is 0 Å². The molecule has 0 spiro atoms. The van der Waals surface area contributed by atoms with Crippen LogP contribution in [0.5, 0.6) is 0 Å². The van der Waals surface area contributed by atoms with Gasteiger partial charge >= 0.3 is 0 Å². The SMILES string of the molecule is C=CCCCOCC(=O)c1ccc(F)cc1. The number of ether oxygens (including phenoxy) is 1. The van der Waals surface area contributed by atoms with Crippen molar-refractivity contribution in [1.29, 1.82) is 0 Å². The van der Waals surface area contributed by atoms with Crippen LogP contribution in [0.3, 0.4) is 0 Å². The number of Topliss-reactive ketones (excluding diaryl/α,β-unsaturated/α-hetero) is 1. The molecule has 0 atom stereocenters. The van der Waals surface area contributed by atoms with Gasteiger partial charge in [0.05, 0.1) is 0 Å². The molecule has 0 saturated heterocycles. The summed E-state index contributed by atoms with van der Waals surface area (Å²) in [6.07, 6.45) is 3.55. The molecule has 1 rings (SSSR count). The molecular formula is C13H15FO2. The summed E-state index contributed by atoms with van der Waals surface area (Å²) in [4.78, 5) is 11.5. The average molecular weight is 222 g/mol. The fraction of sp³-hybridized carbons (Fsp3) is 0.308. The molecule has 86 valence electrons. The topological polar surface area (TPSA) is 26.3 Å². The van der Waals surface area contributed by atoms with E-state index in [0.29, 0.717) is 12.2 Å². The maximum absolute atomic E-state index is 12.6. The molecule has 0 unspecified atom stereocenters. The molecule has 3 heteroatoms. The summed E-state index contributed by atoms with van der Waals surface area (Å²) in [6.45, 7) is 4.18. The minimum atomic E-state index is -0.344. The molecule has 0 aliphatic rings. The van der Waals surface area contributed by atoms with Gasteiger partial charge in [0.1, 0.15) is 12.4 Å². The number of benzene rings is 1. The zero-order valence-corrected chi connectivity index (χ0v) is 9.12. The van der Waals surface area contributed by atoms with E-state index in [4.69, 9.17) is 4.74 Å². The van der Waals surface area contributed by atoms with Gasteiger partial charge in [-0.2, -0.15) is 0 Å². The maximum atomic E-state index is 12.6. The van der Waals surface area contributed by atoms with Gasteiger partial charge < -0.3 is 4.74 Å². The molecule has 1 aromatic rings. The van der Waals surface area contributed by atoms with Gasteiger partial charge in [0, 0.05) is 12.2 Å². The van der Waals surface area contributed by atoms with E-state index in [1.165, 1.54) is 24.3 Å². The molecule has 0 aliphatic heterocycles. The highest BCUT2D eigenvalue weighted by Crippen LogP contribution is 2.04. The highest BCUT2D eigenvalue weighted by molar-refractivity contribution is 5.96. The number of hydrogen-bond acceptors (Lipinski definition) is 2. The van der Waals surface area contributed by atoms with E-state index in [9.17, 15) is 9.18 Å². The van der Waals surface area contributed by atoms with Crippen LogP contribution in [0.25, 0.3) is 0 Å². The number of allylic oxidation sites excluding steroid dienone is 1. The van der Waals surface area contributed by atoms with Crippen LogP contribution in [-0.4, -0.2) is 19.0 Å². The fourth-order valence-electron chi connectivity index (χ4n) is 1.21. The molecular weight excluding hydrogens is 207 g/mol. The van der Waals surface area contributed by atoms with E-state index < -0.39 is 0 Å². The number of carbonyl (C=O) groups is 1. The van der Waals surface area contributed by atoms with Crippen molar-refractivity contribution in [2.45, 2.75) is 12.8 Å². The van der Waals surface area contributed by atoms with Crippen molar-refractivity contribution in [1.82, 2.24) is 0 Å². The minimum absolute atomic E-state index is 0.0444. The number of ketones is 1. The Hall–Kier alpha value is -1.48. The average Bonchev–Trinajstić information content (AvgIpc) is 2.29.